The maximum atomic E-state index is 13.0. The van der Waals surface area contributed by atoms with E-state index in [1.54, 1.807) is 0 Å². The Morgan fingerprint density at radius 3 is 2.28 bits per heavy atom. The lowest BCUT2D eigenvalue weighted by molar-refractivity contribution is 0.0531. The second kappa shape index (κ2) is 7.24. The van der Waals surface area contributed by atoms with Crippen LogP contribution in [0, 0.1) is 0 Å². The molecule has 4 aromatic carbocycles. The van der Waals surface area contributed by atoms with Gasteiger partial charge in [-0.05, 0) is 40.8 Å². The van der Waals surface area contributed by atoms with Crippen molar-refractivity contribution in [3.05, 3.63) is 103 Å². The predicted molar refractivity (Wildman–Crippen MR) is 131 cm³/mol. The summed E-state index contributed by atoms with van der Waals surface area (Å²) in [5.41, 5.74) is 4.80. The molecule has 32 heavy (non-hydrogen) atoms. The molecule has 3 heteroatoms. The second-order valence-corrected chi connectivity index (χ2v) is 7.98. The van der Waals surface area contributed by atoms with Crippen LogP contribution in [0.5, 0.6) is 0 Å². The smallest absolute Gasteiger partial charge is 0.340 e. The van der Waals surface area contributed by atoms with Crippen LogP contribution >= 0.6 is 0 Å². The van der Waals surface area contributed by atoms with E-state index in [9.17, 15) is 4.79 Å². The summed E-state index contributed by atoms with van der Waals surface area (Å²) < 4.78 is 7.61. The molecular weight excluding hydrogens is 394 g/mol. The van der Waals surface area contributed by atoms with E-state index in [1.807, 2.05) is 31.2 Å². The lowest BCUT2D eigenvalue weighted by atomic mass is 9.97. The summed E-state index contributed by atoms with van der Waals surface area (Å²) in [7, 11) is 0. The van der Waals surface area contributed by atoms with E-state index in [1.165, 1.54) is 10.8 Å². The van der Waals surface area contributed by atoms with Crippen molar-refractivity contribution < 1.29 is 9.53 Å². The van der Waals surface area contributed by atoms with Crippen molar-refractivity contribution in [1.29, 1.82) is 0 Å². The molecule has 0 saturated heterocycles. The maximum Gasteiger partial charge on any atom is 0.340 e. The number of esters is 1. The van der Waals surface area contributed by atoms with Crippen LogP contribution in [0.25, 0.3) is 49.1 Å². The number of carbonyl (C=O) groups is 1. The number of para-hydroxylation sites is 1. The minimum absolute atomic E-state index is 0.283. The molecule has 3 nitrogen and oxygen atoms in total. The maximum absolute atomic E-state index is 13.0. The quantitative estimate of drug-likeness (QED) is 0.285. The van der Waals surface area contributed by atoms with Gasteiger partial charge >= 0.3 is 5.97 Å². The van der Waals surface area contributed by atoms with Crippen molar-refractivity contribution >= 4 is 43.9 Å². The average Bonchev–Trinajstić information content (AvgIpc) is 3.18. The van der Waals surface area contributed by atoms with E-state index in [0.29, 0.717) is 12.2 Å². The van der Waals surface area contributed by atoms with Crippen molar-refractivity contribution in [2.45, 2.75) is 6.92 Å². The minimum atomic E-state index is -0.283. The molecule has 154 valence electrons. The van der Waals surface area contributed by atoms with Crippen LogP contribution < -0.4 is 0 Å². The highest BCUT2D eigenvalue weighted by molar-refractivity contribution is 6.19. The van der Waals surface area contributed by atoms with Crippen LogP contribution in [-0.4, -0.2) is 17.0 Å². The van der Waals surface area contributed by atoms with Crippen molar-refractivity contribution in [2.24, 2.45) is 0 Å². The Hall–Kier alpha value is -4.11. The first-order valence-electron chi connectivity index (χ1n) is 10.9. The zero-order chi connectivity index (χ0) is 21.7. The van der Waals surface area contributed by atoms with Gasteiger partial charge in [0.1, 0.15) is 0 Å². The van der Waals surface area contributed by atoms with Crippen LogP contribution in [0.2, 0.25) is 0 Å². The van der Waals surface area contributed by atoms with Crippen molar-refractivity contribution in [2.75, 3.05) is 6.61 Å². The predicted octanol–water partition coefficient (Wildman–Crippen LogP) is 7.24. The molecule has 0 atom stereocenters. The molecule has 2 heterocycles. The van der Waals surface area contributed by atoms with E-state index in [0.717, 1.165) is 38.3 Å². The van der Waals surface area contributed by atoms with E-state index in [4.69, 9.17) is 4.74 Å². The molecule has 0 radical (unpaired) electrons. The molecular formula is C29H21NO2. The SMILES string of the molecule is CCOC(=O)c1c2ccccc2n2cc(-c3ccc4ccccc4c3)c3ccccc3c12. The molecule has 6 rings (SSSR count). The first-order chi connectivity index (χ1) is 15.8. The topological polar surface area (TPSA) is 30.7 Å². The van der Waals surface area contributed by atoms with Crippen molar-refractivity contribution in [3.8, 4) is 11.1 Å². The molecule has 0 spiro atoms. The van der Waals surface area contributed by atoms with Crippen LogP contribution in [-0.2, 0) is 4.74 Å². The van der Waals surface area contributed by atoms with Gasteiger partial charge in [0.15, 0.2) is 0 Å². The highest BCUT2D eigenvalue weighted by Crippen LogP contribution is 2.38. The fourth-order valence-corrected chi connectivity index (χ4v) is 4.78. The molecule has 0 bridgehead atoms. The first kappa shape index (κ1) is 18.6. The Balaban J connectivity index is 1.76. The molecule has 0 fully saturated rings. The molecule has 0 aliphatic heterocycles. The van der Waals surface area contributed by atoms with Crippen LogP contribution in [0.3, 0.4) is 0 Å². The van der Waals surface area contributed by atoms with Gasteiger partial charge in [-0.2, -0.15) is 0 Å². The lowest BCUT2D eigenvalue weighted by Crippen LogP contribution is -2.05. The summed E-state index contributed by atoms with van der Waals surface area (Å²) in [6, 6.07) is 31.3. The van der Waals surface area contributed by atoms with Gasteiger partial charge in [0.2, 0.25) is 0 Å². The van der Waals surface area contributed by atoms with E-state index < -0.39 is 0 Å². The number of aromatic nitrogens is 1. The van der Waals surface area contributed by atoms with Gasteiger partial charge in [-0.1, -0.05) is 78.9 Å². The Labute approximate surface area is 185 Å². The summed E-state index contributed by atoms with van der Waals surface area (Å²) in [5.74, 6) is -0.283. The number of nitrogens with zero attached hydrogens (tertiary/aromatic N) is 1. The number of hydrogen-bond donors (Lipinski definition) is 0. The number of benzene rings is 4. The third kappa shape index (κ3) is 2.71. The largest absolute Gasteiger partial charge is 0.462 e. The van der Waals surface area contributed by atoms with E-state index in [-0.39, 0.29) is 5.97 Å². The monoisotopic (exact) mass is 415 g/mol. The fraction of sp³-hybridized carbons (Fsp3) is 0.0690. The van der Waals surface area contributed by atoms with Gasteiger partial charge in [0.25, 0.3) is 0 Å². The number of pyridine rings is 1. The number of fused-ring (bicyclic) bond motifs is 6. The van der Waals surface area contributed by atoms with Crippen LogP contribution in [0.4, 0.5) is 0 Å². The molecule has 0 aliphatic rings. The Morgan fingerprint density at radius 2 is 1.47 bits per heavy atom. The van der Waals surface area contributed by atoms with Gasteiger partial charge in [-0.15, -0.1) is 0 Å². The van der Waals surface area contributed by atoms with Crippen molar-refractivity contribution in [1.82, 2.24) is 4.40 Å². The normalized spacial score (nSPS) is 11.5. The summed E-state index contributed by atoms with van der Waals surface area (Å²) in [4.78, 5) is 13.0. The van der Waals surface area contributed by atoms with E-state index >= 15 is 0 Å². The number of ether oxygens (including phenoxy) is 1. The molecule has 2 aromatic heterocycles. The number of carbonyl (C=O) groups excluding carboxylic acids is 1. The van der Waals surface area contributed by atoms with Gasteiger partial charge in [-0.25, -0.2) is 4.79 Å². The summed E-state index contributed by atoms with van der Waals surface area (Å²) >= 11 is 0. The third-order valence-electron chi connectivity index (χ3n) is 6.18. The first-order valence-corrected chi connectivity index (χ1v) is 10.9. The van der Waals surface area contributed by atoms with Gasteiger partial charge < -0.3 is 9.14 Å². The molecule has 6 aromatic rings. The molecule has 0 aliphatic carbocycles. The second-order valence-electron chi connectivity index (χ2n) is 7.98. The van der Waals surface area contributed by atoms with Gasteiger partial charge in [0, 0.05) is 22.5 Å². The summed E-state index contributed by atoms with van der Waals surface area (Å²) in [6.07, 6.45) is 2.16. The zero-order valence-electron chi connectivity index (χ0n) is 17.7. The summed E-state index contributed by atoms with van der Waals surface area (Å²) in [6.45, 7) is 2.19. The third-order valence-corrected chi connectivity index (χ3v) is 6.18. The Morgan fingerprint density at radius 1 is 0.781 bits per heavy atom. The number of hydrogen-bond acceptors (Lipinski definition) is 2. The lowest BCUT2D eigenvalue weighted by Gasteiger charge is -2.12. The van der Waals surface area contributed by atoms with Gasteiger partial charge in [0.05, 0.1) is 23.2 Å². The van der Waals surface area contributed by atoms with Gasteiger partial charge in [-0.3, -0.25) is 0 Å². The molecule has 0 N–H and O–H groups in total. The fourth-order valence-electron chi connectivity index (χ4n) is 4.78. The van der Waals surface area contributed by atoms with E-state index in [2.05, 4.69) is 77.3 Å². The highest BCUT2D eigenvalue weighted by atomic mass is 16.5. The zero-order valence-corrected chi connectivity index (χ0v) is 17.7. The molecule has 0 saturated carbocycles. The molecule has 0 amide bonds. The van der Waals surface area contributed by atoms with Crippen LogP contribution in [0.15, 0.2) is 97.2 Å². The van der Waals surface area contributed by atoms with Crippen molar-refractivity contribution in [3.63, 3.8) is 0 Å². The Bertz CT molecular complexity index is 1660. The Kier molecular flexibility index (Phi) is 4.22. The minimum Gasteiger partial charge on any atom is -0.462 e. The number of rotatable bonds is 3. The standard InChI is InChI=1S/C29H21NO2/c1-2-32-29(31)27-24-13-7-8-14-26(24)30-18-25(22-11-5-6-12-23(22)28(27)30)21-16-15-19-9-3-4-10-20(19)17-21/h3-18H,2H2,1H3. The summed E-state index contributed by atoms with van der Waals surface area (Å²) in [5, 5.41) is 5.49. The highest BCUT2D eigenvalue weighted by Gasteiger charge is 2.22. The van der Waals surface area contributed by atoms with Crippen LogP contribution in [0.1, 0.15) is 17.3 Å². The average molecular weight is 415 g/mol. The molecule has 0 unspecified atom stereocenters.